The van der Waals surface area contributed by atoms with Crippen molar-refractivity contribution in [2.24, 2.45) is 4.99 Å². The van der Waals surface area contributed by atoms with E-state index in [2.05, 4.69) is 31.6 Å². The standard InChI is InChI=1S/C19H17Cl3N3OSe/c20-19(21,22)17(24-16(26)12-11-14-7-3-1-4-8-14)25-18(27)23-13-15-9-5-2-6-10-15/h1-12,17H,13H2,(H,23,25)(H,24,26)/b12-11+. The predicted molar refractivity (Wildman–Crippen MR) is 114 cm³/mol. The quantitative estimate of drug-likeness (QED) is 0.162. The molecule has 141 valence electrons. The number of aliphatic imine (C=N–C) groups is 1. The normalized spacial score (nSPS) is 13.4. The van der Waals surface area contributed by atoms with E-state index in [-0.39, 0.29) is 0 Å². The van der Waals surface area contributed by atoms with Gasteiger partial charge in [0.25, 0.3) is 0 Å². The number of amidine groups is 1. The molecule has 8 heteroatoms. The molecule has 4 nitrogen and oxygen atoms in total. The Morgan fingerprint density at radius 3 is 2.22 bits per heavy atom. The van der Waals surface area contributed by atoms with Gasteiger partial charge in [0.2, 0.25) is 0 Å². The van der Waals surface area contributed by atoms with Crippen LogP contribution in [0, 0.1) is 0 Å². The Kier molecular flexibility index (Phi) is 8.68. The SMILES string of the molecule is O=C(/C=C/c1ccccc1)NC(NC([Se])=NCc1ccccc1)C(Cl)(Cl)Cl. The molecule has 1 atom stereocenters. The maximum absolute atomic E-state index is 12.2. The van der Waals surface area contributed by atoms with Crippen LogP contribution in [0.1, 0.15) is 11.1 Å². The number of hydrogen-bond donors (Lipinski definition) is 2. The molecule has 0 spiro atoms. The van der Waals surface area contributed by atoms with Crippen molar-refractivity contribution < 1.29 is 4.79 Å². The number of hydrogen-bond acceptors (Lipinski definition) is 2. The van der Waals surface area contributed by atoms with Crippen LogP contribution >= 0.6 is 34.8 Å². The molecule has 1 amide bonds. The van der Waals surface area contributed by atoms with Gasteiger partial charge in [-0.25, -0.2) is 0 Å². The molecule has 2 N–H and O–H groups in total. The van der Waals surface area contributed by atoms with E-state index in [1.807, 2.05) is 60.7 Å². The molecule has 0 heterocycles. The number of benzene rings is 2. The minimum atomic E-state index is -1.77. The summed E-state index contributed by atoms with van der Waals surface area (Å²) < 4.78 is -1.35. The number of halogens is 3. The van der Waals surface area contributed by atoms with E-state index in [4.69, 9.17) is 34.8 Å². The molecule has 27 heavy (non-hydrogen) atoms. The average Bonchev–Trinajstić information content (AvgIpc) is 2.65. The van der Waals surface area contributed by atoms with Crippen molar-refractivity contribution in [1.82, 2.24) is 10.6 Å². The maximum atomic E-state index is 12.2. The second-order valence-electron chi connectivity index (χ2n) is 5.48. The van der Waals surface area contributed by atoms with Crippen LogP contribution < -0.4 is 10.6 Å². The van der Waals surface area contributed by atoms with Crippen molar-refractivity contribution in [3.8, 4) is 0 Å². The Labute approximate surface area is 181 Å². The van der Waals surface area contributed by atoms with Gasteiger partial charge < -0.3 is 0 Å². The molecule has 0 aromatic heterocycles. The summed E-state index contributed by atoms with van der Waals surface area (Å²) >= 11 is 20.7. The fourth-order valence-electron chi connectivity index (χ4n) is 2.04. The van der Waals surface area contributed by atoms with Gasteiger partial charge in [-0.3, -0.25) is 0 Å². The molecule has 0 aliphatic heterocycles. The number of nitrogens with zero attached hydrogens (tertiary/aromatic N) is 1. The average molecular weight is 489 g/mol. The summed E-state index contributed by atoms with van der Waals surface area (Å²) in [7, 11) is 0. The second kappa shape index (κ2) is 10.7. The number of rotatable bonds is 6. The number of amides is 1. The van der Waals surface area contributed by atoms with E-state index in [1.165, 1.54) is 6.08 Å². The van der Waals surface area contributed by atoms with Crippen LogP contribution in [0.25, 0.3) is 6.08 Å². The summed E-state index contributed by atoms with van der Waals surface area (Å²) in [5.74, 6) is -0.404. The molecule has 0 saturated carbocycles. The minimum absolute atomic E-state index is 0.404. The molecule has 0 fully saturated rings. The van der Waals surface area contributed by atoms with Gasteiger partial charge in [0.1, 0.15) is 0 Å². The Balaban J connectivity index is 1.98. The van der Waals surface area contributed by atoms with Crippen LogP contribution in [0.5, 0.6) is 0 Å². The van der Waals surface area contributed by atoms with Crippen molar-refractivity contribution >= 4 is 67.5 Å². The van der Waals surface area contributed by atoms with Gasteiger partial charge in [0.15, 0.2) is 0 Å². The van der Waals surface area contributed by atoms with Crippen molar-refractivity contribution in [2.45, 2.75) is 16.5 Å². The van der Waals surface area contributed by atoms with Gasteiger partial charge in [0.05, 0.1) is 0 Å². The van der Waals surface area contributed by atoms with Gasteiger partial charge in [-0.1, -0.05) is 0 Å². The molecule has 2 rings (SSSR count). The molecule has 0 bridgehead atoms. The summed E-state index contributed by atoms with van der Waals surface area (Å²) in [5, 5.41) is 5.51. The topological polar surface area (TPSA) is 53.5 Å². The van der Waals surface area contributed by atoms with E-state index in [9.17, 15) is 4.79 Å². The Morgan fingerprint density at radius 2 is 1.63 bits per heavy atom. The fraction of sp³-hybridized carbons (Fsp3) is 0.158. The first-order valence-corrected chi connectivity index (χ1v) is 9.96. The van der Waals surface area contributed by atoms with Crippen LogP contribution in [0.3, 0.4) is 0 Å². The zero-order chi connectivity index (χ0) is 19.7. The molecule has 1 unspecified atom stereocenters. The van der Waals surface area contributed by atoms with Gasteiger partial charge in [-0.2, -0.15) is 0 Å². The molecule has 0 aliphatic rings. The van der Waals surface area contributed by atoms with Crippen molar-refractivity contribution in [2.75, 3.05) is 0 Å². The van der Waals surface area contributed by atoms with E-state index < -0.39 is 15.9 Å². The van der Waals surface area contributed by atoms with Crippen LogP contribution in [0.2, 0.25) is 0 Å². The van der Waals surface area contributed by atoms with Crippen LogP contribution in [-0.2, 0) is 11.3 Å². The molecule has 0 saturated heterocycles. The van der Waals surface area contributed by atoms with Gasteiger partial charge in [-0.05, 0) is 0 Å². The van der Waals surface area contributed by atoms with Gasteiger partial charge in [-0.15, -0.1) is 0 Å². The number of nitrogens with one attached hydrogen (secondary N) is 2. The summed E-state index contributed by atoms with van der Waals surface area (Å²) in [6.45, 7) is 0.449. The molecule has 2 aromatic carbocycles. The van der Waals surface area contributed by atoms with Crippen LogP contribution in [0.4, 0.5) is 0 Å². The first-order chi connectivity index (χ1) is 12.8. The Hall–Kier alpha value is -1.49. The van der Waals surface area contributed by atoms with Crippen molar-refractivity contribution in [3.05, 3.63) is 77.9 Å². The molecule has 1 radical (unpaired) electrons. The van der Waals surface area contributed by atoms with Crippen molar-refractivity contribution in [1.29, 1.82) is 0 Å². The Bertz CT molecular complexity index is 789. The number of carbonyl (C=O) groups is 1. The summed E-state index contributed by atoms with van der Waals surface area (Å²) in [6, 6.07) is 19.1. The first-order valence-electron chi connectivity index (χ1n) is 7.97. The third-order valence-electron chi connectivity index (χ3n) is 3.36. The van der Waals surface area contributed by atoms with E-state index in [0.29, 0.717) is 11.3 Å². The van der Waals surface area contributed by atoms with E-state index in [0.717, 1.165) is 11.1 Å². The first kappa shape index (κ1) is 21.8. The number of carbonyl (C=O) groups excluding carboxylic acids is 1. The summed E-state index contributed by atoms with van der Waals surface area (Å²) in [6.07, 6.45) is 2.08. The molecular weight excluding hydrogens is 472 g/mol. The molecule has 2 aromatic rings. The second-order valence-corrected chi connectivity index (χ2v) is 8.66. The van der Waals surface area contributed by atoms with Crippen LogP contribution in [-0.4, -0.2) is 36.6 Å². The number of alkyl halides is 3. The third kappa shape index (κ3) is 8.37. The third-order valence-corrected chi connectivity index (χ3v) is 4.53. The van der Waals surface area contributed by atoms with Crippen LogP contribution in [0.15, 0.2) is 71.7 Å². The molecular formula is C19H17Cl3N3OSe. The monoisotopic (exact) mass is 488 g/mol. The zero-order valence-electron chi connectivity index (χ0n) is 14.1. The van der Waals surface area contributed by atoms with Gasteiger partial charge in [0, 0.05) is 0 Å². The van der Waals surface area contributed by atoms with Crippen molar-refractivity contribution in [3.63, 3.8) is 0 Å². The predicted octanol–water partition coefficient (Wildman–Crippen LogP) is 3.83. The summed E-state index contributed by atoms with van der Waals surface area (Å²) in [4.78, 5) is 16.5. The Morgan fingerprint density at radius 1 is 1.04 bits per heavy atom. The fourth-order valence-corrected chi connectivity index (χ4v) is 2.75. The van der Waals surface area contributed by atoms with Gasteiger partial charge >= 0.3 is 182 Å². The summed E-state index contributed by atoms with van der Waals surface area (Å²) in [5.41, 5.74) is 1.92. The van der Waals surface area contributed by atoms with E-state index in [1.54, 1.807) is 6.08 Å². The van der Waals surface area contributed by atoms with E-state index >= 15 is 0 Å². The molecule has 0 aliphatic carbocycles. The zero-order valence-corrected chi connectivity index (χ0v) is 18.1.